The zero-order valence-corrected chi connectivity index (χ0v) is 14.1. The Kier molecular flexibility index (Phi) is 6.40. The molecule has 0 unspecified atom stereocenters. The number of nitrogens with two attached hydrogens (primary N) is 1. The van der Waals surface area contributed by atoms with Crippen molar-refractivity contribution in [1.82, 2.24) is 19.9 Å². The highest BCUT2D eigenvalue weighted by molar-refractivity contribution is 5.94. The predicted octanol–water partition coefficient (Wildman–Crippen LogP) is 1.19. The Balaban J connectivity index is 0.00000225. The standard InChI is InChI=1S/C15H17F2N5O2.ClH/c16-10-1-2-11(12(17)7-10)15(23)22-5-3-21(4-6-22)9-13-19-14(8-18)24-20-13;/h1-2,7H,3-6,8-9,18H2;1H. The summed E-state index contributed by atoms with van der Waals surface area (Å²) in [5.41, 5.74) is 5.30. The Morgan fingerprint density at radius 3 is 2.56 bits per heavy atom. The molecular weight excluding hydrogens is 356 g/mol. The van der Waals surface area contributed by atoms with Crippen LogP contribution in [0.5, 0.6) is 0 Å². The Hall–Kier alpha value is -2.10. The molecule has 2 aromatic rings. The second-order valence-corrected chi connectivity index (χ2v) is 5.50. The fraction of sp³-hybridized carbons (Fsp3) is 0.400. The summed E-state index contributed by atoms with van der Waals surface area (Å²) in [5.74, 6) is -1.06. The van der Waals surface area contributed by atoms with Crippen LogP contribution in [-0.4, -0.2) is 52.0 Å². The SMILES string of the molecule is Cl.NCc1nc(CN2CCN(C(=O)c3ccc(F)cc3F)CC2)no1. The van der Waals surface area contributed by atoms with E-state index in [1.165, 1.54) is 6.07 Å². The van der Waals surface area contributed by atoms with Crippen molar-refractivity contribution in [2.75, 3.05) is 26.2 Å². The molecule has 2 N–H and O–H groups in total. The van der Waals surface area contributed by atoms with E-state index >= 15 is 0 Å². The summed E-state index contributed by atoms with van der Waals surface area (Å²) < 4.78 is 31.6. The molecule has 0 atom stereocenters. The highest BCUT2D eigenvalue weighted by Gasteiger charge is 2.25. The van der Waals surface area contributed by atoms with Gasteiger partial charge in [-0.1, -0.05) is 5.16 Å². The van der Waals surface area contributed by atoms with E-state index in [2.05, 4.69) is 15.0 Å². The third-order valence-corrected chi connectivity index (χ3v) is 3.87. The fourth-order valence-corrected chi connectivity index (χ4v) is 2.58. The molecule has 0 aliphatic carbocycles. The van der Waals surface area contributed by atoms with Gasteiger partial charge in [0.15, 0.2) is 5.82 Å². The lowest BCUT2D eigenvalue weighted by Crippen LogP contribution is -2.48. The summed E-state index contributed by atoms with van der Waals surface area (Å²) in [4.78, 5) is 20.1. The predicted molar refractivity (Wildman–Crippen MR) is 87.0 cm³/mol. The lowest BCUT2D eigenvalue weighted by Gasteiger charge is -2.34. The normalized spacial score (nSPS) is 15.1. The number of hydrogen-bond acceptors (Lipinski definition) is 6. The molecule has 10 heteroatoms. The molecule has 1 amide bonds. The second kappa shape index (κ2) is 8.32. The van der Waals surface area contributed by atoms with Crippen LogP contribution < -0.4 is 5.73 Å². The van der Waals surface area contributed by atoms with Crippen LogP contribution in [0.3, 0.4) is 0 Å². The number of hydrogen-bond donors (Lipinski definition) is 1. The minimum atomic E-state index is -0.844. The van der Waals surface area contributed by atoms with Crippen molar-refractivity contribution in [2.24, 2.45) is 5.73 Å². The van der Waals surface area contributed by atoms with E-state index in [9.17, 15) is 13.6 Å². The maximum Gasteiger partial charge on any atom is 0.256 e. The van der Waals surface area contributed by atoms with Crippen molar-refractivity contribution in [3.63, 3.8) is 0 Å². The van der Waals surface area contributed by atoms with Gasteiger partial charge in [-0.05, 0) is 12.1 Å². The van der Waals surface area contributed by atoms with Crippen LogP contribution in [0.15, 0.2) is 22.7 Å². The first-order chi connectivity index (χ1) is 11.6. The molecule has 1 aromatic carbocycles. The summed E-state index contributed by atoms with van der Waals surface area (Å²) >= 11 is 0. The van der Waals surface area contributed by atoms with E-state index in [4.69, 9.17) is 10.3 Å². The van der Waals surface area contributed by atoms with Crippen LogP contribution in [0, 0.1) is 11.6 Å². The molecule has 0 bridgehead atoms. The van der Waals surface area contributed by atoms with Gasteiger partial charge in [0.2, 0.25) is 5.89 Å². The lowest BCUT2D eigenvalue weighted by atomic mass is 10.1. The number of nitrogens with zero attached hydrogens (tertiary/aromatic N) is 4. The molecule has 1 saturated heterocycles. The van der Waals surface area contributed by atoms with Gasteiger partial charge >= 0.3 is 0 Å². The second-order valence-electron chi connectivity index (χ2n) is 5.50. The number of amides is 1. The van der Waals surface area contributed by atoms with Crippen molar-refractivity contribution in [1.29, 1.82) is 0 Å². The first-order valence-corrected chi connectivity index (χ1v) is 7.55. The number of aromatic nitrogens is 2. The minimum Gasteiger partial charge on any atom is -0.338 e. The fourth-order valence-electron chi connectivity index (χ4n) is 2.58. The number of rotatable bonds is 4. The van der Waals surface area contributed by atoms with Gasteiger partial charge in [-0.3, -0.25) is 9.69 Å². The van der Waals surface area contributed by atoms with Gasteiger partial charge in [0, 0.05) is 32.2 Å². The first-order valence-electron chi connectivity index (χ1n) is 7.55. The van der Waals surface area contributed by atoms with E-state index in [1.54, 1.807) is 4.90 Å². The molecule has 3 rings (SSSR count). The number of carbonyl (C=O) groups excluding carboxylic acids is 1. The zero-order chi connectivity index (χ0) is 17.1. The van der Waals surface area contributed by atoms with E-state index in [0.29, 0.717) is 44.4 Å². The highest BCUT2D eigenvalue weighted by Crippen LogP contribution is 2.14. The summed E-state index contributed by atoms with van der Waals surface area (Å²) in [6.45, 7) is 2.77. The zero-order valence-electron chi connectivity index (χ0n) is 13.3. The highest BCUT2D eigenvalue weighted by atomic mass is 35.5. The summed E-state index contributed by atoms with van der Waals surface area (Å²) in [5, 5.41) is 3.83. The topological polar surface area (TPSA) is 88.5 Å². The number of halogens is 3. The summed E-state index contributed by atoms with van der Waals surface area (Å²) in [6.07, 6.45) is 0. The van der Waals surface area contributed by atoms with Crippen molar-refractivity contribution in [2.45, 2.75) is 13.1 Å². The molecule has 136 valence electrons. The summed E-state index contributed by atoms with van der Waals surface area (Å²) in [7, 11) is 0. The van der Waals surface area contributed by atoms with Crippen molar-refractivity contribution in [3.8, 4) is 0 Å². The number of carbonyl (C=O) groups is 1. The molecule has 1 aliphatic rings. The monoisotopic (exact) mass is 373 g/mol. The Labute approximate surface area is 149 Å². The number of benzene rings is 1. The van der Waals surface area contributed by atoms with Gasteiger partial charge in [0.25, 0.3) is 5.91 Å². The van der Waals surface area contributed by atoms with E-state index in [0.717, 1.165) is 12.1 Å². The molecule has 1 fully saturated rings. The molecule has 0 radical (unpaired) electrons. The van der Waals surface area contributed by atoms with E-state index < -0.39 is 17.5 Å². The average molecular weight is 374 g/mol. The smallest absolute Gasteiger partial charge is 0.256 e. The Bertz CT molecular complexity index is 734. The molecule has 1 aromatic heterocycles. The van der Waals surface area contributed by atoms with Crippen molar-refractivity contribution >= 4 is 18.3 Å². The maximum absolute atomic E-state index is 13.7. The molecule has 2 heterocycles. The van der Waals surface area contributed by atoms with E-state index in [-0.39, 0.29) is 24.5 Å². The quantitative estimate of drug-likeness (QED) is 0.866. The molecular formula is C15H18ClF2N5O2. The molecule has 1 aliphatic heterocycles. The van der Waals surface area contributed by atoms with Gasteiger partial charge in [0.1, 0.15) is 11.6 Å². The molecule has 25 heavy (non-hydrogen) atoms. The molecule has 7 nitrogen and oxygen atoms in total. The van der Waals surface area contributed by atoms with Crippen molar-refractivity contribution < 1.29 is 18.1 Å². The average Bonchev–Trinajstić information content (AvgIpc) is 3.03. The van der Waals surface area contributed by atoms with Crippen LogP contribution in [0.4, 0.5) is 8.78 Å². The van der Waals surface area contributed by atoms with Crippen LogP contribution in [-0.2, 0) is 13.1 Å². The summed E-state index contributed by atoms with van der Waals surface area (Å²) in [6, 6.07) is 2.97. The van der Waals surface area contributed by atoms with Gasteiger partial charge in [0.05, 0.1) is 18.7 Å². The lowest BCUT2D eigenvalue weighted by molar-refractivity contribution is 0.0620. The number of piperazine rings is 1. The largest absolute Gasteiger partial charge is 0.338 e. The Morgan fingerprint density at radius 2 is 1.96 bits per heavy atom. The van der Waals surface area contributed by atoms with Crippen LogP contribution >= 0.6 is 12.4 Å². The van der Waals surface area contributed by atoms with Crippen LogP contribution in [0.2, 0.25) is 0 Å². The Morgan fingerprint density at radius 1 is 1.24 bits per heavy atom. The van der Waals surface area contributed by atoms with Gasteiger partial charge in [-0.25, -0.2) is 8.78 Å². The van der Waals surface area contributed by atoms with Gasteiger partial charge < -0.3 is 15.2 Å². The minimum absolute atomic E-state index is 0. The first kappa shape index (κ1) is 19.2. The molecule has 0 spiro atoms. The van der Waals surface area contributed by atoms with E-state index in [1.807, 2.05) is 0 Å². The van der Waals surface area contributed by atoms with Gasteiger partial charge in [-0.15, -0.1) is 12.4 Å². The maximum atomic E-state index is 13.7. The third kappa shape index (κ3) is 4.50. The van der Waals surface area contributed by atoms with Crippen LogP contribution in [0.1, 0.15) is 22.1 Å². The third-order valence-electron chi connectivity index (χ3n) is 3.87. The van der Waals surface area contributed by atoms with Crippen LogP contribution in [0.25, 0.3) is 0 Å². The van der Waals surface area contributed by atoms with Gasteiger partial charge in [-0.2, -0.15) is 4.98 Å². The molecule has 0 saturated carbocycles. The van der Waals surface area contributed by atoms with Crippen molar-refractivity contribution in [3.05, 3.63) is 47.1 Å².